The van der Waals surface area contributed by atoms with Gasteiger partial charge in [0.15, 0.2) is 6.29 Å². The lowest BCUT2D eigenvalue weighted by Crippen LogP contribution is -2.35. The topological polar surface area (TPSA) is 46.5 Å². The van der Waals surface area contributed by atoms with Gasteiger partial charge in [-0.15, -0.1) is 0 Å². The Morgan fingerprint density at radius 3 is 2.18 bits per heavy atom. The first-order valence-electron chi connectivity index (χ1n) is 3.71. The second-order valence-electron chi connectivity index (χ2n) is 3.28. The van der Waals surface area contributed by atoms with Crippen LogP contribution in [0.4, 0.5) is 0 Å². The Morgan fingerprint density at radius 1 is 1.45 bits per heavy atom. The zero-order chi connectivity index (χ0) is 9.07. The molecule has 0 radical (unpaired) electrons. The molecule has 0 bridgehead atoms. The molecule has 0 saturated carbocycles. The molecule has 0 spiro atoms. The summed E-state index contributed by atoms with van der Waals surface area (Å²) in [5.74, 6) is 0. The van der Waals surface area contributed by atoms with Gasteiger partial charge in [0.1, 0.15) is 5.60 Å². The summed E-state index contributed by atoms with van der Waals surface area (Å²) >= 11 is 0. The molecule has 1 N–H and O–H groups in total. The molecule has 3 heteroatoms. The van der Waals surface area contributed by atoms with Crippen LogP contribution in [0.1, 0.15) is 27.7 Å². The van der Waals surface area contributed by atoms with Crippen molar-refractivity contribution < 1.29 is 14.6 Å². The quantitative estimate of drug-likeness (QED) is 0.617. The highest BCUT2D eigenvalue weighted by atomic mass is 16.5. The Labute approximate surface area is 67.4 Å². The summed E-state index contributed by atoms with van der Waals surface area (Å²) in [7, 11) is 0. The molecule has 0 aliphatic heterocycles. The van der Waals surface area contributed by atoms with Crippen LogP contribution in [0.3, 0.4) is 0 Å². The Kier molecular flexibility index (Phi) is 3.69. The molecule has 0 heterocycles. The van der Waals surface area contributed by atoms with E-state index in [0.717, 1.165) is 6.29 Å². The van der Waals surface area contributed by atoms with E-state index in [-0.39, 0.29) is 6.10 Å². The van der Waals surface area contributed by atoms with Crippen molar-refractivity contribution in [2.45, 2.75) is 45.5 Å². The van der Waals surface area contributed by atoms with Gasteiger partial charge >= 0.3 is 0 Å². The molecule has 0 amide bonds. The van der Waals surface area contributed by atoms with Crippen molar-refractivity contribution in [1.29, 1.82) is 0 Å². The fraction of sp³-hybridized carbons (Fsp3) is 0.875. The standard InChI is InChI=1S/C8H16O3/c1-6(10)7(2)11-8(3,4)5-9/h5-7,10H,1-4H3. The Morgan fingerprint density at radius 2 is 1.91 bits per heavy atom. The van der Waals surface area contributed by atoms with Crippen LogP contribution in [-0.2, 0) is 9.53 Å². The van der Waals surface area contributed by atoms with Crippen LogP contribution in [0.15, 0.2) is 0 Å². The van der Waals surface area contributed by atoms with Gasteiger partial charge in [-0.1, -0.05) is 0 Å². The van der Waals surface area contributed by atoms with Crippen molar-refractivity contribution in [3.63, 3.8) is 0 Å². The lowest BCUT2D eigenvalue weighted by atomic mass is 10.1. The largest absolute Gasteiger partial charge is 0.391 e. The van der Waals surface area contributed by atoms with Crippen molar-refractivity contribution in [2.24, 2.45) is 0 Å². The first-order chi connectivity index (χ1) is 4.89. The number of aldehydes is 1. The van der Waals surface area contributed by atoms with Crippen LogP contribution < -0.4 is 0 Å². The summed E-state index contributed by atoms with van der Waals surface area (Å²) in [4.78, 5) is 10.4. The van der Waals surface area contributed by atoms with E-state index >= 15 is 0 Å². The zero-order valence-corrected chi connectivity index (χ0v) is 7.50. The Bertz CT molecular complexity index is 129. The minimum absolute atomic E-state index is 0.310. The third-order valence-corrected chi connectivity index (χ3v) is 1.45. The van der Waals surface area contributed by atoms with E-state index < -0.39 is 11.7 Å². The fourth-order valence-corrected chi connectivity index (χ4v) is 0.605. The third kappa shape index (κ3) is 4.11. The van der Waals surface area contributed by atoms with Crippen LogP contribution >= 0.6 is 0 Å². The smallest absolute Gasteiger partial charge is 0.151 e. The molecular weight excluding hydrogens is 144 g/mol. The molecule has 2 unspecified atom stereocenters. The Hall–Kier alpha value is -0.410. The second-order valence-corrected chi connectivity index (χ2v) is 3.28. The van der Waals surface area contributed by atoms with Gasteiger partial charge in [-0.25, -0.2) is 0 Å². The summed E-state index contributed by atoms with van der Waals surface area (Å²) in [6.07, 6.45) is -0.129. The summed E-state index contributed by atoms with van der Waals surface area (Å²) < 4.78 is 5.23. The van der Waals surface area contributed by atoms with Gasteiger partial charge < -0.3 is 14.6 Å². The lowest BCUT2D eigenvalue weighted by Gasteiger charge is -2.25. The minimum Gasteiger partial charge on any atom is -0.391 e. The summed E-state index contributed by atoms with van der Waals surface area (Å²) in [5.41, 5.74) is -0.795. The predicted molar refractivity (Wildman–Crippen MR) is 42.4 cm³/mol. The summed E-state index contributed by atoms with van der Waals surface area (Å²) in [6, 6.07) is 0. The highest BCUT2D eigenvalue weighted by molar-refractivity contribution is 5.60. The lowest BCUT2D eigenvalue weighted by molar-refractivity contribution is -0.140. The van der Waals surface area contributed by atoms with E-state index in [1.165, 1.54) is 0 Å². The van der Waals surface area contributed by atoms with Gasteiger partial charge in [0.2, 0.25) is 0 Å². The SMILES string of the molecule is CC(O)C(C)OC(C)(C)C=O. The van der Waals surface area contributed by atoms with Crippen LogP contribution in [0.2, 0.25) is 0 Å². The third-order valence-electron chi connectivity index (χ3n) is 1.45. The Balaban J connectivity index is 3.93. The van der Waals surface area contributed by atoms with Gasteiger partial charge in [-0.3, -0.25) is 0 Å². The minimum atomic E-state index is -0.795. The molecule has 0 aromatic rings. The molecule has 0 aliphatic rings. The molecular formula is C8H16O3. The number of rotatable bonds is 4. The summed E-state index contributed by atoms with van der Waals surface area (Å²) in [6.45, 7) is 6.69. The maximum atomic E-state index is 10.4. The molecule has 0 rings (SSSR count). The van der Waals surface area contributed by atoms with Crippen LogP contribution in [0.25, 0.3) is 0 Å². The molecule has 66 valence electrons. The number of hydrogen-bond acceptors (Lipinski definition) is 3. The molecule has 0 saturated heterocycles. The van der Waals surface area contributed by atoms with Crippen molar-refractivity contribution in [2.75, 3.05) is 0 Å². The maximum absolute atomic E-state index is 10.4. The fourth-order valence-electron chi connectivity index (χ4n) is 0.605. The monoisotopic (exact) mass is 160 g/mol. The molecule has 3 nitrogen and oxygen atoms in total. The average molecular weight is 160 g/mol. The number of hydrogen-bond donors (Lipinski definition) is 1. The van der Waals surface area contributed by atoms with E-state index in [1.54, 1.807) is 27.7 Å². The van der Waals surface area contributed by atoms with Gasteiger partial charge in [0.05, 0.1) is 12.2 Å². The van der Waals surface area contributed by atoms with Crippen molar-refractivity contribution in [3.05, 3.63) is 0 Å². The van der Waals surface area contributed by atoms with Crippen molar-refractivity contribution >= 4 is 6.29 Å². The first kappa shape index (κ1) is 10.6. The van der Waals surface area contributed by atoms with Crippen LogP contribution in [-0.4, -0.2) is 29.2 Å². The van der Waals surface area contributed by atoms with E-state index in [0.29, 0.717) is 0 Å². The molecule has 0 fully saturated rings. The van der Waals surface area contributed by atoms with E-state index in [9.17, 15) is 4.79 Å². The number of aliphatic hydroxyl groups excluding tert-OH is 1. The number of carbonyl (C=O) groups is 1. The maximum Gasteiger partial charge on any atom is 0.151 e. The molecule has 11 heavy (non-hydrogen) atoms. The van der Waals surface area contributed by atoms with E-state index in [2.05, 4.69) is 0 Å². The number of ether oxygens (including phenoxy) is 1. The molecule has 0 aromatic carbocycles. The summed E-state index contributed by atoms with van der Waals surface area (Å²) in [5, 5.41) is 9.04. The molecule has 2 atom stereocenters. The van der Waals surface area contributed by atoms with Crippen LogP contribution in [0, 0.1) is 0 Å². The molecule has 0 aromatic heterocycles. The average Bonchev–Trinajstić information content (AvgIpc) is 1.87. The normalized spacial score (nSPS) is 17.5. The first-order valence-corrected chi connectivity index (χ1v) is 3.71. The zero-order valence-electron chi connectivity index (χ0n) is 7.50. The van der Waals surface area contributed by atoms with Crippen molar-refractivity contribution in [3.8, 4) is 0 Å². The van der Waals surface area contributed by atoms with Gasteiger partial charge in [0.25, 0.3) is 0 Å². The van der Waals surface area contributed by atoms with Gasteiger partial charge in [-0.2, -0.15) is 0 Å². The van der Waals surface area contributed by atoms with E-state index in [1.807, 2.05) is 0 Å². The van der Waals surface area contributed by atoms with E-state index in [4.69, 9.17) is 9.84 Å². The van der Waals surface area contributed by atoms with Gasteiger partial charge in [0, 0.05) is 0 Å². The predicted octanol–water partition coefficient (Wildman–Crippen LogP) is 0.750. The van der Waals surface area contributed by atoms with Gasteiger partial charge in [-0.05, 0) is 27.7 Å². The highest BCUT2D eigenvalue weighted by Crippen LogP contribution is 2.10. The number of aliphatic hydroxyl groups is 1. The number of carbonyl (C=O) groups excluding carboxylic acids is 1. The molecule has 0 aliphatic carbocycles. The van der Waals surface area contributed by atoms with Crippen LogP contribution in [0.5, 0.6) is 0 Å². The second kappa shape index (κ2) is 3.83. The highest BCUT2D eigenvalue weighted by Gasteiger charge is 2.22. The van der Waals surface area contributed by atoms with Crippen molar-refractivity contribution in [1.82, 2.24) is 0 Å².